The van der Waals surface area contributed by atoms with Crippen LogP contribution in [-0.4, -0.2) is 59.9 Å². The summed E-state index contributed by atoms with van der Waals surface area (Å²) >= 11 is 0. The van der Waals surface area contributed by atoms with Crippen molar-refractivity contribution in [2.24, 2.45) is 4.99 Å². The van der Waals surface area contributed by atoms with Crippen LogP contribution >= 0.6 is 24.0 Å². The summed E-state index contributed by atoms with van der Waals surface area (Å²) in [6.45, 7) is 7.32. The Kier molecular flexibility index (Phi) is 13.5. The molecule has 1 rings (SSSR count). The second kappa shape index (κ2) is 14.0. The van der Waals surface area contributed by atoms with Crippen molar-refractivity contribution in [2.75, 3.05) is 50.4 Å². The van der Waals surface area contributed by atoms with Crippen LogP contribution in [0.5, 0.6) is 0 Å². The Balaban J connectivity index is 0.00000625. The average Bonchev–Trinajstić information content (AvgIpc) is 2.64. The van der Waals surface area contributed by atoms with Crippen molar-refractivity contribution in [3.8, 4) is 0 Å². The summed E-state index contributed by atoms with van der Waals surface area (Å²) in [5.41, 5.74) is 1.23. The minimum Gasteiger partial charge on any atom is -0.372 e. The Bertz CT molecular complexity index is 611. The van der Waals surface area contributed by atoms with Gasteiger partial charge >= 0.3 is 0 Å². The molecule has 0 fully saturated rings. The number of anilines is 1. The van der Waals surface area contributed by atoms with Gasteiger partial charge in [0.2, 0.25) is 10.0 Å². The van der Waals surface area contributed by atoms with Crippen molar-refractivity contribution >= 4 is 45.6 Å². The molecule has 0 atom stereocenters. The summed E-state index contributed by atoms with van der Waals surface area (Å²) in [5.74, 6) is 0.772. The maximum absolute atomic E-state index is 11.3. The number of guanidine groups is 1. The number of hydrogen-bond acceptors (Lipinski definition) is 4. The summed E-state index contributed by atoms with van der Waals surface area (Å²) < 4.78 is 25.2. The number of halogens is 1. The zero-order valence-corrected chi connectivity index (χ0v) is 19.0. The molecule has 0 spiro atoms. The van der Waals surface area contributed by atoms with E-state index in [0.29, 0.717) is 19.0 Å². The topological polar surface area (TPSA) is 85.8 Å². The minimum absolute atomic E-state index is 0. The summed E-state index contributed by atoms with van der Waals surface area (Å²) in [7, 11) is -1.44. The van der Waals surface area contributed by atoms with E-state index in [1.54, 1.807) is 14.0 Å². The van der Waals surface area contributed by atoms with Gasteiger partial charge in [0.1, 0.15) is 0 Å². The maximum atomic E-state index is 11.3. The number of hydrogen-bond donors (Lipinski definition) is 3. The molecule has 0 heterocycles. The van der Waals surface area contributed by atoms with Crippen LogP contribution in [-0.2, 0) is 10.0 Å². The van der Waals surface area contributed by atoms with Crippen molar-refractivity contribution < 1.29 is 8.42 Å². The Labute approximate surface area is 175 Å². The number of para-hydroxylation sites is 1. The molecule has 1 aromatic rings. The quantitative estimate of drug-likeness (QED) is 0.187. The molecule has 3 N–H and O–H groups in total. The second-order valence-corrected chi connectivity index (χ2v) is 7.59. The van der Waals surface area contributed by atoms with E-state index in [0.717, 1.165) is 26.1 Å². The van der Waals surface area contributed by atoms with Crippen molar-refractivity contribution in [3.05, 3.63) is 30.3 Å². The molecule has 0 aliphatic heterocycles. The van der Waals surface area contributed by atoms with Gasteiger partial charge in [-0.3, -0.25) is 4.99 Å². The Morgan fingerprint density at radius 1 is 1.08 bits per heavy atom. The molecule has 0 saturated heterocycles. The number of nitrogens with zero attached hydrogens (tertiary/aromatic N) is 2. The molecule has 0 unspecified atom stereocenters. The Morgan fingerprint density at radius 2 is 1.73 bits per heavy atom. The molecule has 0 amide bonds. The highest BCUT2D eigenvalue weighted by Gasteiger charge is 2.05. The van der Waals surface area contributed by atoms with E-state index >= 15 is 0 Å². The van der Waals surface area contributed by atoms with Gasteiger partial charge in [-0.15, -0.1) is 24.0 Å². The van der Waals surface area contributed by atoms with Gasteiger partial charge in [-0.05, 0) is 32.4 Å². The molecule has 0 aromatic heterocycles. The summed E-state index contributed by atoms with van der Waals surface area (Å²) in [6, 6.07) is 10.4. The highest BCUT2D eigenvalue weighted by molar-refractivity contribution is 14.0. The first-order chi connectivity index (χ1) is 12.0. The summed E-state index contributed by atoms with van der Waals surface area (Å²) in [5, 5.41) is 6.35. The molecule has 150 valence electrons. The standard InChI is InChI=1S/C17H31N5O2S.HI/c1-4-22(16-10-7-6-8-11-16)15-9-12-19-17(18-3)20-13-14-21-25(23,24)5-2;/h6-8,10-11,21H,4-5,9,12-15H2,1-3H3,(H2,18,19,20);1H. The van der Waals surface area contributed by atoms with Crippen LogP contribution < -0.4 is 20.3 Å². The van der Waals surface area contributed by atoms with Crippen LogP contribution in [0, 0.1) is 0 Å². The normalized spacial score (nSPS) is 11.6. The predicted octanol–water partition coefficient (Wildman–Crippen LogP) is 1.63. The third kappa shape index (κ3) is 10.2. The SMILES string of the molecule is CCN(CCCNC(=NC)NCCNS(=O)(=O)CC)c1ccccc1.I. The smallest absolute Gasteiger partial charge is 0.211 e. The van der Waals surface area contributed by atoms with Gasteiger partial charge in [-0.2, -0.15) is 0 Å². The lowest BCUT2D eigenvalue weighted by molar-refractivity contribution is 0.581. The number of aliphatic imine (C=N–C) groups is 1. The fourth-order valence-corrected chi connectivity index (χ4v) is 2.91. The minimum atomic E-state index is -3.14. The fraction of sp³-hybridized carbons (Fsp3) is 0.588. The van der Waals surface area contributed by atoms with Crippen LogP contribution in [0.15, 0.2) is 35.3 Å². The fourth-order valence-electron chi connectivity index (χ4n) is 2.30. The largest absolute Gasteiger partial charge is 0.372 e. The predicted molar refractivity (Wildman–Crippen MR) is 121 cm³/mol. The van der Waals surface area contributed by atoms with Gasteiger partial charge in [0, 0.05) is 45.5 Å². The molecule has 1 aromatic carbocycles. The maximum Gasteiger partial charge on any atom is 0.211 e. The van der Waals surface area contributed by atoms with Crippen LogP contribution in [0.1, 0.15) is 20.3 Å². The zero-order valence-electron chi connectivity index (χ0n) is 15.9. The lowest BCUT2D eigenvalue weighted by atomic mass is 10.2. The lowest BCUT2D eigenvalue weighted by Gasteiger charge is -2.23. The van der Waals surface area contributed by atoms with Crippen LogP contribution in [0.25, 0.3) is 0 Å². The molecular formula is C17H32IN5O2S. The van der Waals surface area contributed by atoms with E-state index in [4.69, 9.17) is 0 Å². The third-order valence-corrected chi connectivity index (χ3v) is 5.15. The van der Waals surface area contributed by atoms with Gasteiger partial charge in [-0.1, -0.05) is 18.2 Å². The summed E-state index contributed by atoms with van der Waals surface area (Å²) in [4.78, 5) is 6.47. The summed E-state index contributed by atoms with van der Waals surface area (Å²) in [6.07, 6.45) is 0.978. The molecule has 26 heavy (non-hydrogen) atoms. The second-order valence-electron chi connectivity index (χ2n) is 5.49. The molecule has 0 radical (unpaired) electrons. The van der Waals surface area contributed by atoms with E-state index in [-0.39, 0.29) is 29.7 Å². The van der Waals surface area contributed by atoms with E-state index in [1.165, 1.54) is 5.69 Å². The van der Waals surface area contributed by atoms with Gasteiger partial charge in [-0.25, -0.2) is 13.1 Å². The number of rotatable bonds is 11. The Hall–Kier alpha value is -1.07. The Morgan fingerprint density at radius 3 is 2.31 bits per heavy atom. The van der Waals surface area contributed by atoms with Crippen LogP contribution in [0.3, 0.4) is 0 Å². The van der Waals surface area contributed by atoms with Crippen molar-refractivity contribution in [2.45, 2.75) is 20.3 Å². The number of nitrogens with one attached hydrogen (secondary N) is 3. The first-order valence-corrected chi connectivity index (χ1v) is 10.4. The molecule has 0 aliphatic carbocycles. The van der Waals surface area contributed by atoms with E-state index in [1.807, 2.05) is 6.07 Å². The van der Waals surface area contributed by atoms with E-state index in [2.05, 4.69) is 56.4 Å². The van der Waals surface area contributed by atoms with Gasteiger partial charge in [0.05, 0.1) is 5.75 Å². The van der Waals surface area contributed by atoms with Crippen molar-refractivity contribution in [1.29, 1.82) is 0 Å². The van der Waals surface area contributed by atoms with Gasteiger partial charge < -0.3 is 15.5 Å². The molecule has 0 saturated carbocycles. The molecule has 7 nitrogen and oxygen atoms in total. The van der Waals surface area contributed by atoms with Crippen molar-refractivity contribution in [1.82, 2.24) is 15.4 Å². The molecule has 0 bridgehead atoms. The first kappa shape index (κ1) is 24.9. The zero-order chi connectivity index (χ0) is 18.5. The van der Waals surface area contributed by atoms with Crippen molar-refractivity contribution in [3.63, 3.8) is 0 Å². The van der Waals surface area contributed by atoms with E-state index in [9.17, 15) is 8.42 Å². The molecular weight excluding hydrogens is 465 g/mol. The van der Waals surface area contributed by atoms with Crippen LogP contribution in [0.2, 0.25) is 0 Å². The third-order valence-electron chi connectivity index (χ3n) is 3.74. The number of sulfonamides is 1. The lowest BCUT2D eigenvalue weighted by Crippen LogP contribution is -2.42. The first-order valence-electron chi connectivity index (χ1n) is 8.74. The molecule has 9 heteroatoms. The monoisotopic (exact) mass is 497 g/mol. The molecule has 0 aliphatic rings. The highest BCUT2D eigenvalue weighted by Crippen LogP contribution is 2.12. The van der Waals surface area contributed by atoms with Gasteiger partial charge in [0.15, 0.2) is 5.96 Å². The van der Waals surface area contributed by atoms with Gasteiger partial charge in [0.25, 0.3) is 0 Å². The average molecular weight is 497 g/mol. The highest BCUT2D eigenvalue weighted by atomic mass is 127. The van der Waals surface area contributed by atoms with Crippen LogP contribution in [0.4, 0.5) is 5.69 Å². The van der Waals surface area contributed by atoms with E-state index < -0.39 is 10.0 Å². The number of benzene rings is 1.